The van der Waals surface area contributed by atoms with E-state index in [1.807, 2.05) is 18.2 Å². The lowest BCUT2D eigenvalue weighted by Gasteiger charge is -2.34. The number of nitrogens with zero attached hydrogens (tertiary/aromatic N) is 2. The van der Waals surface area contributed by atoms with Crippen LogP contribution in [0.4, 0.5) is 5.69 Å². The summed E-state index contributed by atoms with van der Waals surface area (Å²) in [5.41, 5.74) is 5.01. The van der Waals surface area contributed by atoms with Gasteiger partial charge in [-0.3, -0.25) is 9.59 Å². The van der Waals surface area contributed by atoms with Crippen molar-refractivity contribution in [3.63, 3.8) is 0 Å². The molecular formula is C22H24N4O2S. The van der Waals surface area contributed by atoms with Crippen LogP contribution in [0.1, 0.15) is 37.9 Å². The van der Waals surface area contributed by atoms with Gasteiger partial charge in [0.2, 0.25) is 11.8 Å². The summed E-state index contributed by atoms with van der Waals surface area (Å²) in [5.74, 6) is -0.00747. The highest BCUT2D eigenvalue weighted by molar-refractivity contribution is 7.78. The number of benzene rings is 1. The van der Waals surface area contributed by atoms with Crippen molar-refractivity contribution in [1.82, 2.24) is 15.2 Å². The molecule has 0 saturated carbocycles. The smallest absolute Gasteiger partial charge is 0.246 e. The summed E-state index contributed by atoms with van der Waals surface area (Å²) >= 11 is 4.71. The molecule has 29 heavy (non-hydrogen) atoms. The monoisotopic (exact) mass is 408 g/mol. The number of fused-ring (bicyclic) bond motifs is 2. The minimum Gasteiger partial charge on any atom is -0.358 e. The number of aromatic amines is 1. The van der Waals surface area contributed by atoms with E-state index in [0.717, 1.165) is 47.1 Å². The lowest BCUT2D eigenvalue weighted by atomic mass is 9.97. The number of rotatable bonds is 5. The number of amides is 2. The summed E-state index contributed by atoms with van der Waals surface area (Å²) in [7, 11) is 0. The van der Waals surface area contributed by atoms with E-state index in [2.05, 4.69) is 40.4 Å². The third-order valence-electron chi connectivity index (χ3n) is 5.73. The minimum absolute atomic E-state index is 0.0246. The van der Waals surface area contributed by atoms with Crippen molar-refractivity contribution in [1.29, 1.82) is 0 Å². The number of H-pyrrole nitrogens is 1. The summed E-state index contributed by atoms with van der Waals surface area (Å²) in [4.78, 5) is 34.8. The van der Waals surface area contributed by atoms with Crippen molar-refractivity contribution in [2.45, 2.75) is 51.6 Å². The highest BCUT2D eigenvalue weighted by Gasteiger charge is 2.43. The summed E-state index contributed by atoms with van der Waals surface area (Å²) in [6.07, 6.45) is 5.00. The molecule has 150 valence electrons. The van der Waals surface area contributed by atoms with Crippen LogP contribution in [0.5, 0.6) is 0 Å². The molecule has 2 aliphatic rings. The molecule has 0 unspecified atom stereocenters. The zero-order chi connectivity index (χ0) is 20.5. The molecule has 2 fully saturated rings. The van der Waals surface area contributed by atoms with Crippen molar-refractivity contribution < 1.29 is 9.59 Å². The molecule has 1 aromatic heterocycles. The van der Waals surface area contributed by atoms with E-state index in [0.29, 0.717) is 13.0 Å². The first-order valence-corrected chi connectivity index (χ1v) is 10.3. The van der Waals surface area contributed by atoms with Crippen LogP contribution in [0, 0.1) is 0 Å². The molecule has 0 aliphatic carbocycles. The zero-order valence-electron chi connectivity index (χ0n) is 16.6. The Hall–Kier alpha value is -2.76. The zero-order valence-corrected chi connectivity index (χ0v) is 17.4. The highest BCUT2D eigenvalue weighted by Crippen LogP contribution is 2.30. The Morgan fingerprint density at radius 2 is 2.21 bits per heavy atom. The van der Waals surface area contributed by atoms with Crippen LogP contribution in [0.15, 0.2) is 34.8 Å². The van der Waals surface area contributed by atoms with Gasteiger partial charge >= 0.3 is 0 Å². The van der Waals surface area contributed by atoms with Gasteiger partial charge in [-0.1, -0.05) is 17.7 Å². The van der Waals surface area contributed by atoms with Gasteiger partial charge in [0.15, 0.2) is 0 Å². The maximum Gasteiger partial charge on any atom is 0.246 e. The largest absolute Gasteiger partial charge is 0.358 e. The molecule has 2 atom stereocenters. The third kappa shape index (κ3) is 3.76. The first-order chi connectivity index (χ1) is 14.0. The van der Waals surface area contributed by atoms with Gasteiger partial charge in [0.05, 0.1) is 10.8 Å². The van der Waals surface area contributed by atoms with Gasteiger partial charge in [-0.25, -0.2) is 0 Å². The van der Waals surface area contributed by atoms with Crippen molar-refractivity contribution in [3.05, 3.63) is 41.1 Å². The molecule has 7 heteroatoms. The van der Waals surface area contributed by atoms with Crippen LogP contribution in [0.3, 0.4) is 0 Å². The van der Waals surface area contributed by atoms with E-state index in [1.165, 1.54) is 5.57 Å². The summed E-state index contributed by atoms with van der Waals surface area (Å²) in [6.45, 7) is 4.80. The standard InChI is InChI=1S/C22H24N4O2S/c1-13(2)5-8-17-16(15-7-6-14(23-12-29)10-18(15)24-17)11-19-22(28)26-9-3-4-20(26)21(27)25-19/h5-7,10,19-20,24H,3-4,8-9,11H2,1-2H3,(H,25,27)/t19-,20-/m0/s1. The Morgan fingerprint density at radius 3 is 2.97 bits per heavy atom. The number of carbonyl (C=O) groups excluding carboxylic acids is 2. The number of hydrogen-bond acceptors (Lipinski definition) is 4. The number of thiocarbonyl (C=S) groups is 1. The first kappa shape index (κ1) is 19.6. The number of aliphatic imine (C=N–C) groups is 1. The maximum absolute atomic E-state index is 13.0. The van der Waals surface area contributed by atoms with E-state index in [4.69, 9.17) is 12.2 Å². The van der Waals surface area contributed by atoms with Crippen molar-refractivity contribution in [3.8, 4) is 0 Å². The highest BCUT2D eigenvalue weighted by atomic mass is 32.1. The van der Waals surface area contributed by atoms with Crippen molar-refractivity contribution in [2.24, 2.45) is 4.99 Å². The minimum atomic E-state index is -0.528. The fourth-order valence-corrected chi connectivity index (χ4v) is 4.42. The van der Waals surface area contributed by atoms with E-state index in [9.17, 15) is 9.59 Å². The molecule has 2 N–H and O–H groups in total. The lowest BCUT2D eigenvalue weighted by Crippen LogP contribution is -2.61. The number of allylic oxidation sites excluding steroid dienone is 2. The molecule has 3 heterocycles. The summed E-state index contributed by atoms with van der Waals surface area (Å²) in [6, 6.07) is 5.00. The van der Waals surface area contributed by atoms with Crippen LogP contribution < -0.4 is 5.32 Å². The van der Waals surface area contributed by atoms with Gasteiger partial charge in [-0.15, -0.1) is 0 Å². The van der Waals surface area contributed by atoms with Crippen LogP contribution in [0.2, 0.25) is 0 Å². The predicted molar refractivity (Wildman–Crippen MR) is 116 cm³/mol. The molecule has 1 aromatic carbocycles. The normalized spacial score (nSPS) is 21.0. The molecular weight excluding hydrogens is 384 g/mol. The average Bonchev–Trinajstić information content (AvgIpc) is 3.30. The van der Waals surface area contributed by atoms with E-state index in [-0.39, 0.29) is 17.9 Å². The van der Waals surface area contributed by atoms with Gasteiger partial charge < -0.3 is 15.2 Å². The summed E-state index contributed by atoms with van der Waals surface area (Å²) in [5, 5.41) is 6.40. The molecule has 2 aliphatic heterocycles. The van der Waals surface area contributed by atoms with Crippen LogP contribution in [0.25, 0.3) is 10.9 Å². The average molecular weight is 409 g/mol. The topological polar surface area (TPSA) is 77.6 Å². The Morgan fingerprint density at radius 1 is 1.38 bits per heavy atom. The Kier molecular flexibility index (Phi) is 5.35. The Labute approximate surface area is 175 Å². The molecule has 0 bridgehead atoms. The fourth-order valence-electron chi connectivity index (χ4n) is 4.31. The Balaban J connectivity index is 1.71. The second-order valence-electron chi connectivity index (χ2n) is 7.96. The van der Waals surface area contributed by atoms with Crippen LogP contribution in [-0.2, 0) is 22.4 Å². The second-order valence-corrected chi connectivity index (χ2v) is 8.14. The molecule has 0 radical (unpaired) electrons. The molecule has 2 aromatic rings. The maximum atomic E-state index is 13.0. The molecule has 6 nitrogen and oxygen atoms in total. The number of aromatic nitrogens is 1. The van der Waals surface area contributed by atoms with Gasteiger partial charge in [0.1, 0.15) is 12.1 Å². The lowest BCUT2D eigenvalue weighted by molar-refractivity contribution is -0.146. The molecule has 0 spiro atoms. The quantitative estimate of drug-likeness (QED) is 0.452. The Bertz CT molecular complexity index is 1060. The van der Waals surface area contributed by atoms with E-state index < -0.39 is 6.04 Å². The van der Waals surface area contributed by atoms with E-state index >= 15 is 0 Å². The first-order valence-electron chi connectivity index (χ1n) is 9.93. The van der Waals surface area contributed by atoms with E-state index in [1.54, 1.807) is 4.90 Å². The molecule has 2 saturated heterocycles. The van der Waals surface area contributed by atoms with Crippen molar-refractivity contribution in [2.75, 3.05) is 6.54 Å². The number of nitrogens with one attached hydrogen (secondary N) is 2. The van der Waals surface area contributed by atoms with Gasteiger partial charge in [-0.05, 0) is 56.6 Å². The number of hydrogen-bond donors (Lipinski definition) is 2. The molecule has 4 rings (SSSR count). The summed E-state index contributed by atoms with van der Waals surface area (Å²) < 4.78 is 0. The number of isothiocyanates is 1. The van der Waals surface area contributed by atoms with Crippen LogP contribution in [-0.4, -0.2) is 45.5 Å². The molecule has 2 amide bonds. The predicted octanol–water partition coefficient (Wildman–Crippen LogP) is 3.44. The number of piperazine rings is 1. The van der Waals surface area contributed by atoms with Gasteiger partial charge in [-0.2, -0.15) is 4.99 Å². The van der Waals surface area contributed by atoms with Gasteiger partial charge in [0, 0.05) is 36.0 Å². The second kappa shape index (κ2) is 7.93. The fraction of sp³-hybridized carbons (Fsp3) is 0.409. The van der Waals surface area contributed by atoms with Crippen LogP contribution >= 0.6 is 12.2 Å². The third-order valence-corrected chi connectivity index (χ3v) is 5.82. The van der Waals surface area contributed by atoms with Gasteiger partial charge in [0.25, 0.3) is 0 Å². The SMILES string of the molecule is CC(C)=CCc1[nH]c2cc(N=C=S)ccc2c1C[C@@H]1NC(=O)[C@@H]2CCCN2C1=O. The number of carbonyl (C=O) groups is 2. The van der Waals surface area contributed by atoms with Crippen molar-refractivity contribution >= 4 is 45.8 Å².